The number of unbranched alkanes of at least 4 members (excludes halogenated alkanes) is 3. The Morgan fingerprint density at radius 1 is 0.700 bits per heavy atom. The van der Waals surface area contributed by atoms with Gasteiger partial charge in [-0.05, 0) is 35.7 Å². The summed E-state index contributed by atoms with van der Waals surface area (Å²) in [5.74, 6) is 0. The van der Waals surface area contributed by atoms with Crippen LogP contribution in [-0.4, -0.2) is 42.0 Å². The van der Waals surface area contributed by atoms with E-state index >= 15 is 0 Å². The van der Waals surface area contributed by atoms with E-state index in [1.54, 1.807) is 22.9 Å². The van der Waals surface area contributed by atoms with Crippen LogP contribution in [0.1, 0.15) is 25.7 Å². The van der Waals surface area contributed by atoms with Crippen LogP contribution in [-0.2, 0) is 20.0 Å². The van der Waals surface area contributed by atoms with E-state index in [0.717, 1.165) is 35.5 Å². The normalized spacial score (nSPS) is 11.6. The molecule has 2 aromatic rings. The van der Waals surface area contributed by atoms with E-state index in [0.29, 0.717) is 25.9 Å². The van der Waals surface area contributed by atoms with Gasteiger partial charge in [0.25, 0.3) is 20.0 Å². The summed E-state index contributed by atoms with van der Waals surface area (Å²) in [5, 5.41) is 8.17. The van der Waals surface area contributed by atoms with Gasteiger partial charge >= 0.3 is 12.1 Å². The first kappa shape index (κ1) is 24.1. The van der Waals surface area contributed by atoms with E-state index in [1.165, 1.54) is 12.1 Å². The molecular formula is C16H22N4O6S4. The number of nitrogens with one attached hydrogen (secondary N) is 4. The molecule has 4 N–H and O–H groups in total. The van der Waals surface area contributed by atoms with Gasteiger partial charge in [0, 0.05) is 13.1 Å². The fourth-order valence-corrected chi connectivity index (χ4v) is 6.10. The fraction of sp³-hybridized carbons (Fsp3) is 0.375. The summed E-state index contributed by atoms with van der Waals surface area (Å²) in [6, 6.07) is 4.41. The van der Waals surface area contributed by atoms with Crippen molar-refractivity contribution >= 4 is 54.8 Å². The second-order valence-corrected chi connectivity index (χ2v) is 11.7. The minimum absolute atomic E-state index is 0.0670. The zero-order valence-electron chi connectivity index (χ0n) is 15.8. The van der Waals surface area contributed by atoms with E-state index in [9.17, 15) is 26.4 Å². The predicted octanol–water partition coefficient (Wildman–Crippen LogP) is 2.05. The van der Waals surface area contributed by atoms with Crippen LogP contribution >= 0.6 is 22.7 Å². The maximum Gasteiger partial charge on any atom is 0.328 e. The molecule has 0 aromatic carbocycles. The predicted molar refractivity (Wildman–Crippen MR) is 115 cm³/mol. The maximum absolute atomic E-state index is 11.9. The molecule has 0 atom stereocenters. The van der Waals surface area contributed by atoms with Crippen LogP contribution in [0.2, 0.25) is 0 Å². The minimum Gasteiger partial charge on any atom is -0.337 e. The van der Waals surface area contributed by atoms with Gasteiger partial charge in [0.2, 0.25) is 0 Å². The van der Waals surface area contributed by atoms with Crippen molar-refractivity contribution in [2.75, 3.05) is 13.1 Å². The Hall–Kier alpha value is -2.16. The number of hydrogen-bond donors (Lipinski definition) is 4. The number of thiophene rings is 2. The molecule has 0 aliphatic heterocycles. The number of sulfonamides is 2. The molecule has 14 heteroatoms. The number of urea groups is 2. The van der Waals surface area contributed by atoms with Crippen molar-refractivity contribution in [2.45, 2.75) is 34.1 Å². The highest BCUT2D eigenvalue weighted by molar-refractivity contribution is 7.92. The van der Waals surface area contributed by atoms with Gasteiger partial charge < -0.3 is 10.6 Å². The van der Waals surface area contributed by atoms with Gasteiger partial charge in [-0.1, -0.05) is 25.0 Å². The molecule has 0 aliphatic rings. The van der Waals surface area contributed by atoms with Crippen LogP contribution in [0.3, 0.4) is 0 Å². The largest absolute Gasteiger partial charge is 0.337 e. The molecule has 0 radical (unpaired) electrons. The Labute approximate surface area is 183 Å². The lowest BCUT2D eigenvalue weighted by Gasteiger charge is -2.08. The van der Waals surface area contributed by atoms with Gasteiger partial charge in [0.1, 0.15) is 8.42 Å². The van der Waals surface area contributed by atoms with Gasteiger partial charge in [0.15, 0.2) is 0 Å². The average Bonchev–Trinajstić information content (AvgIpc) is 3.37. The van der Waals surface area contributed by atoms with E-state index in [4.69, 9.17) is 0 Å². The Morgan fingerprint density at radius 2 is 1.10 bits per heavy atom. The molecule has 0 saturated heterocycles. The smallest absolute Gasteiger partial charge is 0.328 e. The lowest BCUT2D eigenvalue weighted by Crippen LogP contribution is -2.39. The lowest BCUT2D eigenvalue weighted by atomic mass is 10.2. The summed E-state index contributed by atoms with van der Waals surface area (Å²) in [4.78, 5) is 23.3. The van der Waals surface area contributed by atoms with E-state index in [2.05, 4.69) is 10.6 Å². The molecule has 2 aromatic heterocycles. The Kier molecular flexibility index (Phi) is 9.08. The molecule has 0 bridgehead atoms. The van der Waals surface area contributed by atoms with Crippen molar-refractivity contribution in [1.29, 1.82) is 0 Å². The van der Waals surface area contributed by atoms with Crippen LogP contribution in [0.4, 0.5) is 9.59 Å². The first-order valence-corrected chi connectivity index (χ1v) is 13.6. The van der Waals surface area contributed by atoms with Crippen LogP contribution in [0.15, 0.2) is 43.4 Å². The topological polar surface area (TPSA) is 151 Å². The minimum atomic E-state index is -3.84. The van der Waals surface area contributed by atoms with Crippen molar-refractivity contribution < 1.29 is 26.4 Å². The summed E-state index contributed by atoms with van der Waals surface area (Å²) in [6.07, 6.45) is 2.75. The molecule has 0 fully saturated rings. The molecule has 4 amide bonds. The standard InChI is InChI=1S/C16H22N4O6S4/c21-15(19-29(23,24)13-7-5-11-27-13)17-9-3-1-2-4-10-18-16(22)20-30(25,26)14-8-6-12-28-14/h5-8,11-12H,1-4,9-10H2,(H2,17,19,21)(H2,18,20,22). The number of carbonyl (C=O) groups is 2. The van der Waals surface area contributed by atoms with Crippen molar-refractivity contribution in [3.63, 3.8) is 0 Å². The van der Waals surface area contributed by atoms with Crippen LogP contribution in [0.5, 0.6) is 0 Å². The molecule has 2 heterocycles. The van der Waals surface area contributed by atoms with E-state index in [-0.39, 0.29) is 8.42 Å². The SMILES string of the molecule is O=C(NCCCCCCNC(=O)NS(=O)(=O)c1cccs1)NS(=O)(=O)c1cccs1. The number of hydrogen-bond acceptors (Lipinski definition) is 8. The molecule has 0 saturated carbocycles. The molecule has 0 spiro atoms. The Morgan fingerprint density at radius 3 is 1.43 bits per heavy atom. The first-order valence-electron chi connectivity index (χ1n) is 8.89. The van der Waals surface area contributed by atoms with Crippen LogP contribution in [0, 0.1) is 0 Å². The van der Waals surface area contributed by atoms with E-state index < -0.39 is 32.1 Å². The summed E-state index contributed by atoms with van der Waals surface area (Å²) in [5.41, 5.74) is 0. The summed E-state index contributed by atoms with van der Waals surface area (Å²) in [7, 11) is -7.68. The first-order chi connectivity index (χ1) is 14.2. The van der Waals surface area contributed by atoms with Gasteiger partial charge in [-0.25, -0.2) is 35.9 Å². The second kappa shape index (κ2) is 11.3. The van der Waals surface area contributed by atoms with Gasteiger partial charge in [-0.15, -0.1) is 22.7 Å². The second-order valence-electron chi connectivity index (χ2n) is 6.00. The molecule has 30 heavy (non-hydrogen) atoms. The number of rotatable bonds is 11. The molecule has 2 rings (SSSR count). The Bertz CT molecular complexity index is 934. The molecule has 10 nitrogen and oxygen atoms in total. The van der Waals surface area contributed by atoms with Gasteiger partial charge in [-0.2, -0.15) is 0 Å². The molecular weight excluding hydrogens is 472 g/mol. The van der Waals surface area contributed by atoms with Crippen molar-refractivity contribution in [2.24, 2.45) is 0 Å². The summed E-state index contributed by atoms with van der Waals surface area (Å²) in [6.45, 7) is 0.609. The van der Waals surface area contributed by atoms with Crippen molar-refractivity contribution in [3.8, 4) is 0 Å². The fourth-order valence-electron chi connectivity index (χ4n) is 2.26. The van der Waals surface area contributed by atoms with E-state index in [1.807, 2.05) is 9.44 Å². The lowest BCUT2D eigenvalue weighted by molar-refractivity contribution is 0.244. The molecule has 0 aliphatic carbocycles. The van der Waals surface area contributed by atoms with Crippen molar-refractivity contribution in [3.05, 3.63) is 35.0 Å². The average molecular weight is 495 g/mol. The highest BCUT2D eigenvalue weighted by Gasteiger charge is 2.18. The molecule has 0 unspecified atom stereocenters. The van der Waals surface area contributed by atoms with Crippen molar-refractivity contribution in [1.82, 2.24) is 20.1 Å². The van der Waals surface area contributed by atoms with Gasteiger partial charge in [0.05, 0.1) is 0 Å². The number of carbonyl (C=O) groups excluding carboxylic acids is 2. The molecule has 166 valence electrons. The monoisotopic (exact) mass is 494 g/mol. The number of amides is 4. The quantitative estimate of drug-likeness (QED) is 0.351. The van der Waals surface area contributed by atoms with Gasteiger partial charge in [-0.3, -0.25) is 0 Å². The Balaban J connectivity index is 1.52. The summed E-state index contributed by atoms with van der Waals surface area (Å²) >= 11 is 2.04. The highest BCUT2D eigenvalue weighted by Crippen LogP contribution is 2.15. The van der Waals surface area contributed by atoms with Crippen LogP contribution in [0.25, 0.3) is 0 Å². The third-order valence-corrected chi connectivity index (χ3v) is 9.11. The third-order valence-electron chi connectivity index (χ3n) is 3.65. The van der Waals surface area contributed by atoms with Crippen LogP contribution < -0.4 is 20.1 Å². The zero-order valence-corrected chi connectivity index (χ0v) is 19.1. The zero-order chi connectivity index (χ0) is 22.0. The summed E-state index contributed by atoms with van der Waals surface area (Å²) < 4.78 is 51.5. The highest BCUT2D eigenvalue weighted by atomic mass is 32.3. The maximum atomic E-state index is 11.9. The third kappa shape index (κ3) is 7.93.